The number of ether oxygens (including phenoxy) is 1. The van der Waals surface area contributed by atoms with E-state index < -0.39 is 0 Å². The van der Waals surface area contributed by atoms with Crippen molar-refractivity contribution in [2.24, 2.45) is 5.92 Å². The summed E-state index contributed by atoms with van der Waals surface area (Å²) in [6.45, 7) is 1.82. The molecular formula is C9H17NO2. The van der Waals surface area contributed by atoms with Crippen LogP contribution in [0.15, 0.2) is 0 Å². The Balaban J connectivity index is 1.85. The Hall–Kier alpha value is -0.570. The zero-order valence-electron chi connectivity index (χ0n) is 7.64. The van der Waals surface area contributed by atoms with Gasteiger partial charge in [0.25, 0.3) is 0 Å². The highest BCUT2D eigenvalue weighted by Crippen LogP contribution is 2.24. The van der Waals surface area contributed by atoms with Crippen LogP contribution in [0.4, 0.5) is 0 Å². The normalized spacial score (nSPS) is 17.1. The second-order valence-electron chi connectivity index (χ2n) is 3.33. The first-order valence-electron chi connectivity index (χ1n) is 4.60. The number of nitrogens with one attached hydrogen (secondary N) is 1. The maximum absolute atomic E-state index is 10.7. The molecule has 0 bridgehead atoms. The summed E-state index contributed by atoms with van der Waals surface area (Å²) in [6.07, 6.45) is 4.57. The summed E-state index contributed by atoms with van der Waals surface area (Å²) in [6, 6.07) is 0. The lowest BCUT2D eigenvalue weighted by Gasteiger charge is -2.25. The van der Waals surface area contributed by atoms with Gasteiger partial charge >= 0.3 is 5.97 Å². The number of methoxy groups -OCH3 is 1. The van der Waals surface area contributed by atoms with Gasteiger partial charge in [-0.2, -0.15) is 0 Å². The van der Waals surface area contributed by atoms with Crippen LogP contribution in [-0.2, 0) is 9.53 Å². The van der Waals surface area contributed by atoms with Crippen molar-refractivity contribution in [2.45, 2.75) is 25.7 Å². The molecule has 3 nitrogen and oxygen atoms in total. The first-order chi connectivity index (χ1) is 5.83. The van der Waals surface area contributed by atoms with Crippen LogP contribution in [0.2, 0.25) is 0 Å². The topological polar surface area (TPSA) is 38.3 Å². The predicted molar refractivity (Wildman–Crippen MR) is 46.8 cm³/mol. The van der Waals surface area contributed by atoms with E-state index in [1.54, 1.807) is 0 Å². The summed E-state index contributed by atoms with van der Waals surface area (Å²) in [7, 11) is 1.42. The summed E-state index contributed by atoms with van der Waals surface area (Å²) in [5, 5.41) is 3.25. The van der Waals surface area contributed by atoms with Crippen LogP contribution in [0, 0.1) is 5.92 Å². The Morgan fingerprint density at radius 1 is 1.58 bits per heavy atom. The van der Waals surface area contributed by atoms with Crippen molar-refractivity contribution < 1.29 is 9.53 Å². The molecule has 0 radical (unpaired) electrons. The molecule has 1 aliphatic carbocycles. The second kappa shape index (κ2) is 5.14. The number of carbonyl (C=O) groups excluding carboxylic acids is 1. The molecule has 0 aromatic carbocycles. The van der Waals surface area contributed by atoms with Gasteiger partial charge in [-0.3, -0.25) is 4.79 Å². The molecule has 1 rings (SSSR count). The summed E-state index contributed by atoms with van der Waals surface area (Å²) >= 11 is 0. The molecular weight excluding hydrogens is 154 g/mol. The van der Waals surface area contributed by atoms with Crippen molar-refractivity contribution in [3.63, 3.8) is 0 Å². The number of hydrogen-bond acceptors (Lipinski definition) is 3. The van der Waals surface area contributed by atoms with Gasteiger partial charge in [-0.05, 0) is 25.3 Å². The van der Waals surface area contributed by atoms with Crippen LogP contribution < -0.4 is 5.32 Å². The zero-order valence-corrected chi connectivity index (χ0v) is 7.64. The SMILES string of the molecule is COC(=O)CCNCC1CCC1. The summed E-state index contributed by atoms with van der Waals surface area (Å²) in [5.74, 6) is 0.735. The number of esters is 1. The molecule has 1 aliphatic rings. The smallest absolute Gasteiger partial charge is 0.306 e. The molecule has 1 saturated carbocycles. The molecule has 0 amide bonds. The third-order valence-corrected chi connectivity index (χ3v) is 2.39. The van der Waals surface area contributed by atoms with Gasteiger partial charge in [0.15, 0.2) is 0 Å². The van der Waals surface area contributed by atoms with E-state index >= 15 is 0 Å². The quantitative estimate of drug-likeness (QED) is 0.494. The van der Waals surface area contributed by atoms with Crippen molar-refractivity contribution in [1.82, 2.24) is 5.32 Å². The van der Waals surface area contributed by atoms with Gasteiger partial charge in [-0.1, -0.05) is 6.42 Å². The molecule has 0 aromatic heterocycles. The minimum atomic E-state index is -0.129. The van der Waals surface area contributed by atoms with Gasteiger partial charge in [0.05, 0.1) is 13.5 Å². The average Bonchev–Trinajstić information content (AvgIpc) is 2.00. The maximum Gasteiger partial charge on any atom is 0.306 e. The van der Waals surface area contributed by atoms with E-state index in [9.17, 15) is 4.79 Å². The van der Waals surface area contributed by atoms with Crippen LogP contribution in [0.1, 0.15) is 25.7 Å². The lowest BCUT2D eigenvalue weighted by atomic mass is 9.85. The Labute approximate surface area is 73.5 Å². The third-order valence-electron chi connectivity index (χ3n) is 2.39. The van der Waals surface area contributed by atoms with Crippen LogP contribution in [0.25, 0.3) is 0 Å². The van der Waals surface area contributed by atoms with E-state index in [1.165, 1.54) is 26.4 Å². The predicted octanol–water partition coefficient (Wildman–Crippen LogP) is 0.939. The monoisotopic (exact) mass is 171 g/mol. The molecule has 0 unspecified atom stereocenters. The molecule has 0 spiro atoms. The van der Waals surface area contributed by atoms with Gasteiger partial charge < -0.3 is 10.1 Å². The lowest BCUT2D eigenvalue weighted by molar-refractivity contribution is -0.140. The molecule has 0 saturated heterocycles. The van der Waals surface area contributed by atoms with Gasteiger partial charge in [0.1, 0.15) is 0 Å². The van der Waals surface area contributed by atoms with Crippen LogP contribution >= 0.6 is 0 Å². The van der Waals surface area contributed by atoms with Gasteiger partial charge in [-0.25, -0.2) is 0 Å². The zero-order chi connectivity index (χ0) is 8.81. The van der Waals surface area contributed by atoms with E-state index in [-0.39, 0.29) is 5.97 Å². The fraction of sp³-hybridized carbons (Fsp3) is 0.889. The number of carbonyl (C=O) groups is 1. The van der Waals surface area contributed by atoms with Crippen molar-refractivity contribution in [2.75, 3.05) is 20.2 Å². The molecule has 0 atom stereocenters. The fourth-order valence-corrected chi connectivity index (χ4v) is 1.30. The minimum absolute atomic E-state index is 0.129. The van der Waals surface area contributed by atoms with Gasteiger partial charge in [-0.15, -0.1) is 0 Å². The molecule has 70 valence electrons. The molecule has 1 fully saturated rings. The first kappa shape index (κ1) is 9.52. The lowest BCUT2D eigenvalue weighted by Crippen LogP contribution is -2.29. The van der Waals surface area contributed by atoms with Gasteiger partial charge in [0.2, 0.25) is 0 Å². The Bertz CT molecular complexity index is 143. The van der Waals surface area contributed by atoms with Crippen molar-refractivity contribution >= 4 is 5.97 Å². The molecule has 0 heterocycles. The standard InChI is InChI=1S/C9H17NO2/c1-12-9(11)5-6-10-7-8-3-2-4-8/h8,10H,2-7H2,1H3. The van der Waals surface area contributed by atoms with E-state index in [4.69, 9.17) is 0 Å². The molecule has 0 aromatic rings. The maximum atomic E-state index is 10.7. The highest BCUT2D eigenvalue weighted by atomic mass is 16.5. The highest BCUT2D eigenvalue weighted by Gasteiger charge is 2.16. The first-order valence-corrected chi connectivity index (χ1v) is 4.60. The number of hydrogen-bond donors (Lipinski definition) is 1. The average molecular weight is 171 g/mol. The number of rotatable bonds is 5. The summed E-state index contributed by atoms with van der Waals surface area (Å²) in [4.78, 5) is 10.7. The Kier molecular flexibility index (Phi) is 4.08. The Morgan fingerprint density at radius 2 is 2.33 bits per heavy atom. The van der Waals surface area contributed by atoms with Crippen LogP contribution in [0.3, 0.4) is 0 Å². The van der Waals surface area contributed by atoms with Crippen molar-refractivity contribution in [3.05, 3.63) is 0 Å². The minimum Gasteiger partial charge on any atom is -0.469 e. The fourth-order valence-electron chi connectivity index (χ4n) is 1.30. The van der Waals surface area contributed by atoms with E-state index in [0.29, 0.717) is 6.42 Å². The molecule has 1 N–H and O–H groups in total. The van der Waals surface area contributed by atoms with Crippen LogP contribution in [0.5, 0.6) is 0 Å². The van der Waals surface area contributed by atoms with Crippen LogP contribution in [-0.4, -0.2) is 26.2 Å². The molecule has 3 heteroatoms. The second-order valence-corrected chi connectivity index (χ2v) is 3.33. The molecule has 0 aliphatic heterocycles. The largest absolute Gasteiger partial charge is 0.469 e. The highest BCUT2D eigenvalue weighted by molar-refractivity contribution is 5.69. The van der Waals surface area contributed by atoms with Gasteiger partial charge in [0, 0.05) is 6.54 Å². The summed E-state index contributed by atoms with van der Waals surface area (Å²) < 4.78 is 4.52. The molecule has 12 heavy (non-hydrogen) atoms. The van der Waals surface area contributed by atoms with Crippen molar-refractivity contribution in [1.29, 1.82) is 0 Å². The van der Waals surface area contributed by atoms with E-state index in [0.717, 1.165) is 19.0 Å². The third kappa shape index (κ3) is 3.22. The van der Waals surface area contributed by atoms with Crippen molar-refractivity contribution in [3.8, 4) is 0 Å². The summed E-state index contributed by atoms with van der Waals surface area (Å²) in [5.41, 5.74) is 0. The Morgan fingerprint density at radius 3 is 2.83 bits per heavy atom. The van der Waals surface area contributed by atoms with E-state index in [1.807, 2.05) is 0 Å². The van der Waals surface area contributed by atoms with E-state index in [2.05, 4.69) is 10.1 Å².